The number of pyridine rings is 2. The van der Waals surface area contributed by atoms with E-state index in [4.69, 9.17) is 4.74 Å². The van der Waals surface area contributed by atoms with E-state index in [9.17, 15) is 9.90 Å². The normalized spacial score (nSPS) is 17.7. The number of aliphatic hydroxyl groups excluding tert-OH is 1. The van der Waals surface area contributed by atoms with E-state index in [2.05, 4.69) is 20.4 Å². The second-order valence-corrected chi connectivity index (χ2v) is 8.77. The summed E-state index contributed by atoms with van der Waals surface area (Å²) in [6.45, 7) is 1.86. The SMILES string of the molecule is Cc1c(C(=O)Nc2ccc([C@H]3CC[C@H](O)CC3)nc2)cnn1-c1ccc(Oc2ccncc2)cc1. The molecule has 0 radical (unpaired) electrons. The molecular formula is C27H27N5O3. The quantitative estimate of drug-likeness (QED) is 0.410. The largest absolute Gasteiger partial charge is 0.457 e. The molecule has 8 nitrogen and oxygen atoms in total. The van der Waals surface area contributed by atoms with Crippen LogP contribution in [0.3, 0.4) is 0 Å². The number of rotatable bonds is 6. The maximum atomic E-state index is 12.9. The molecule has 3 aromatic heterocycles. The van der Waals surface area contributed by atoms with E-state index >= 15 is 0 Å². The predicted molar refractivity (Wildman–Crippen MR) is 132 cm³/mol. The Bertz CT molecular complexity index is 1280. The summed E-state index contributed by atoms with van der Waals surface area (Å²) >= 11 is 0. The van der Waals surface area contributed by atoms with Gasteiger partial charge in [0.05, 0.1) is 41.1 Å². The summed E-state index contributed by atoms with van der Waals surface area (Å²) in [5.41, 5.74) is 3.70. The van der Waals surface area contributed by atoms with Gasteiger partial charge in [0, 0.05) is 24.0 Å². The van der Waals surface area contributed by atoms with E-state index in [0.717, 1.165) is 42.8 Å². The van der Waals surface area contributed by atoms with Crippen molar-refractivity contribution < 1.29 is 14.6 Å². The lowest BCUT2D eigenvalue weighted by atomic mass is 9.85. The minimum atomic E-state index is -0.235. The van der Waals surface area contributed by atoms with Crippen LogP contribution in [0.4, 0.5) is 5.69 Å². The van der Waals surface area contributed by atoms with Crippen LogP contribution in [0.2, 0.25) is 0 Å². The third-order valence-corrected chi connectivity index (χ3v) is 6.38. The van der Waals surface area contributed by atoms with Gasteiger partial charge in [-0.15, -0.1) is 0 Å². The molecule has 0 aliphatic heterocycles. The Morgan fingerprint density at radius 3 is 2.37 bits per heavy atom. The molecule has 0 saturated heterocycles. The first-order valence-corrected chi connectivity index (χ1v) is 11.7. The molecule has 0 bridgehead atoms. The second kappa shape index (κ2) is 10.1. The van der Waals surface area contributed by atoms with Gasteiger partial charge >= 0.3 is 0 Å². The Morgan fingerprint density at radius 2 is 1.69 bits per heavy atom. The number of hydrogen-bond donors (Lipinski definition) is 2. The molecule has 0 unspecified atom stereocenters. The zero-order chi connectivity index (χ0) is 24.2. The van der Waals surface area contributed by atoms with Gasteiger partial charge < -0.3 is 15.2 Å². The van der Waals surface area contributed by atoms with E-state index in [1.165, 1.54) is 0 Å². The fourth-order valence-corrected chi connectivity index (χ4v) is 4.38. The highest BCUT2D eigenvalue weighted by atomic mass is 16.5. The summed E-state index contributed by atoms with van der Waals surface area (Å²) in [5.74, 6) is 1.54. The fraction of sp³-hybridized carbons (Fsp3) is 0.259. The predicted octanol–water partition coefficient (Wildman–Crippen LogP) is 5.03. The third kappa shape index (κ3) is 5.22. The van der Waals surface area contributed by atoms with Crippen LogP contribution in [0.25, 0.3) is 5.69 Å². The molecule has 4 aromatic rings. The Kier molecular flexibility index (Phi) is 6.54. The first-order chi connectivity index (χ1) is 17.1. The molecule has 1 amide bonds. The number of carbonyl (C=O) groups is 1. The maximum Gasteiger partial charge on any atom is 0.259 e. The van der Waals surface area contributed by atoms with Crippen molar-refractivity contribution in [2.45, 2.75) is 44.6 Å². The number of nitrogens with zero attached hydrogens (tertiary/aromatic N) is 4. The Hall–Kier alpha value is -4.04. The summed E-state index contributed by atoms with van der Waals surface area (Å²) in [6.07, 6.45) is 9.94. The van der Waals surface area contributed by atoms with Gasteiger partial charge in [-0.05, 0) is 81.1 Å². The van der Waals surface area contributed by atoms with Crippen molar-refractivity contribution in [1.29, 1.82) is 0 Å². The summed E-state index contributed by atoms with van der Waals surface area (Å²) in [6, 6.07) is 14.9. The van der Waals surface area contributed by atoms with Crippen LogP contribution in [0.15, 0.2) is 73.3 Å². The molecule has 178 valence electrons. The van der Waals surface area contributed by atoms with Gasteiger partial charge in [-0.1, -0.05) is 0 Å². The van der Waals surface area contributed by atoms with Gasteiger partial charge in [0.25, 0.3) is 5.91 Å². The third-order valence-electron chi connectivity index (χ3n) is 6.38. The highest BCUT2D eigenvalue weighted by Gasteiger charge is 2.22. The molecule has 35 heavy (non-hydrogen) atoms. The number of ether oxygens (including phenoxy) is 1. The number of aliphatic hydroxyl groups is 1. The molecule has 1 aromatic carbocycles. The first kappa shape index (κ1) is 22.7. The van der Waals surface area contributed by atoms with Gasteiger partial charge in [-0.25, -0.2) is 4.68 Å². The van der Waals surface area contributed by atoms with Crippen LogP contribution in [0, 0.1) is 6.92 Å². The molecule has 5 rings (SSSR count). The highest BCUT2D eigenvalue weighted by molar-refractivity contribution is 6.04. The minimum Gasteiger partial charge on any atom is -0.457 e. The number of aromatic nitrogens is 4. The van der Waals surface area contributed by atoms with Crippen molar-refractivity contribution in [3.63, 3.8) is 0 Å². The van der Waals surface area contributed by atoms with Gasteiger partial charge in [0.2, 0.25) is 0 Å². The fourth-order valence-electron chi connectivity index (χ4n) is 4.38. The van der Waals surface area contributed by atoms with Crippen LogP contribution in [-0.2, 0) is 0 Å². The summed E-state index contributed by atoms with van der Waals surface area (Å²) < 4.78 is 7.54. The maximum absolute atomic E-state index is 12.9. The lowest BCUT2D eigenvalue weighted by molar-refractivity contribution is 0.102. The standard InChI is InChI=1S/C27H27N5O3/c1-18-25(27(34)31-20-4-11-26(29-16-20)19-2-7-22(33)8-3-19)17-30-32(18)21-5-9-23(10-6-21)35-24-12-14-28-15-13-24/h4-6,9-17,19,22,33H,2-3,7-8H2,1H3,(H,31,34)/t19-,22-. The molecular weight excluding hydrogens is 442 g/mol. The average Bonchev–Trinajstić information content (AvgIpc) is 3.27. The molecule has 0 spiro atoms. The van der Waals surface area contributed by atoms with Crippen LogP contribution < -0.4 is 10.1 Å². The average molecular weight is 470 g/mol. The van der Waals surface area contributed by atoms with Crippen molar-refractivity contribution in [1.82, 2.24) is 19.7 Å². The Morgan fingerprint density at radius 1 is 0.971 bits per heavy atom. The number of benzene rings is 1. The number of amides is 1. The zero-order valence-electron chi connectivity index (χ0n) is 19.5. The van der Waals surface area contributed by atoms with Crippen LogP contribution >= 0.6 is 0 Å². The molecule has 1 aliphatic rings. The number of nitrogens with one attached hydrogen (secondary N) is 1. The van der Waals surface area contributed by atoms with Crippen molar-refractivity contribution in [2.24, 2.45) is 0 Å². The Labute approximate surface area is 203 Å². The lowest BCUT2D eigenvalue weighted by Gasteiger charge is -2.24. The van der Waals surface area contributed by atoms with Crippen molar-refractivity contribution in [3.05, 3.63) is 90.3 Å². The van der Waals surface area contributed by atoms with Gasteiger partial charge in [-0.2, -0.15) is 5.10 Å². The molecule has 1 fully saturated rings. The first-order valence-electron chi connectivity index (χ1n) is 11.7. The topological polar surface area (TPSA) is 102 Å². The minimum absolute atomic E-state index is 0.188. The molecule has 1 aliphatic carbocycles. The van der Waals surface area contributed by atoms with E-state index in [-0.39, 0.29) is 12.0 Å². The molecule has 8 heteroatoms. The summed E-state index contributed by atoms with van der Waals surface area (Å²) in [7, 11) is 0. The van der Waals surface area contributed by atoms with Crippen molar-refractivity contribution >= 4 is 11.6 Å². The summed E-state index contributed by atoms with van der Waals surface area (Å²) in [4.78, 5) is 21.5. The summed E-state index contributed by atoms with van der Waals surface area (Å²) in [5, 5.41) is 17.0. The number of hydrogen-bond acceptors (Lipinski definition) is 6. The van der Waals surface area contributed by atoms with E-state index in [0.29, 0.717) is 28.7 Å². The van der Waals surface area contributed by atoms with Gasteiger partial charge in [0.1, 0.15) is 11.5 Å². The monoisotopic (exact) mass is 469 g/mol. The lowest BCUT2D eigenvalue weighted by Crippen LogP contribution is -2.18. The number of anilines is 1. The molecule has 2 N–H and O–H groups in total. The van der Waals surface area contributed by atoms with Gasteiger partial charge in [-0.3, -0.25) is 14.8 Å². The highest BCUT2D eigenvalue weighted by Crippen LogP contribution is 2.32. The van der Waals surface area contributed by atoms with Crippen molar-refractivity contribution in [3.8, 4) is 17.2 Å². The van der Waals surface area contributed by atoms with Crippen LogP contribution in [0.5, 0.6) is 11.5 Å². The molecule has 3 heterocycles. The van der Waals surface area contributed by atoms with E-state index in [1.54, 1.807) is 41.6 Å². The van der Waals surface area contributed by atoms with Crippen molar-refractivity contribution in [2.75, 3.05) is 5.32 Å². The van der Waals surface area contributed by atoms with Crippen LogP contribution in [0.1, 0.15) is 53.3 Å². The second-order valence-electron chi connectivity index (χ2n) is 8.77. The van der Waals surface area contributed by atoms with Crippen LogP contribution in [-0.4, -0.2) is 36.9 Å². The molecule has 1 saturated carbocycles. The number of carbonyl (C=O) groups excluding carboxylic acids is 1. The smallest absolute Gasteiger partial charge is 0.259 e. The zero-order valence-corrected chi connectivity index (χ0v) is 19.5. The molecule has 0 atom stereocenters. The van der Waals surface area contributed by atoms with E-state index in [1.807, 2.05) is 43.3 Å². The van der Waals surface area contributed by atoms with Gasteiger partial charge in [0.15, 0.2) is 0 Å². The Balaban J connectivity index is 1.24. The van der Waals surface area contributed by atoms with E-state index < -0.39 is 0 Å².